The van der Waals surface area contributed by atoms with Crippen LogP contribution in [0, 0.1) is 5.92 Å². The fourth-order valence-corrected chi connectivity index (χ4v) is 3.68. The van der Waals surface area contributed by atoms with Crippen LogP contribution in [0.1, 0.15) is 44.6 Å². The van der Waals surface area contributed by atoms with Gasteiger partial charge in [0.05, 0.1) is 13.2 Å². The van der Waals surface area contributed by atoms with Gasteiger partial charge >= 0.3 is 0 Å². The summed E-state index contributed by atoms with van der Waals surface area (Å²) in [5.41, 5.74) is 1.31. The van der Waals surface area contributed by atoms with Crippen LogP contribution in [0.2, 0.25) is 0 Å². The van der Waals surface area contributed by atoms with Gasteiger partial charge in [-0.2, -0.15) is 0 Å². The van der Waals surface area contributed by atoms with Crippen LogP contribution in [-0.4, -0.2) is 38.4 Å². The number of ether oxygens (including phenoxy) is 3. The van der Waals surface area contributed by atoms with E-state index in [0.29, 0.717) is 19.1 Å². The van der Waals surface area contributed by atoms with Crippen molar-refractivity contribution in [2.24, 2.45) is 11.1 Å². The summed E-state index contributed by atoms with van der Waals surface area (Å²) in [7, 11) is 0. The van der Waals surface area contributed by atoms with Gasteiger partial charge in [0.25, 0.3) is 0 Å². The van der Waals surface area contributed by atoms with Gasteiger partial charge in [0, 0.05) is 18.6 Å². The molecular formula is C20H29NO4. The quantitative estimate of drug-likeness (QED) is 0.406. The molecule has 2 fully saturated rings. The number of nitrogens with zero attached hydrogens (tertiary/aromatic N) is 1. The third kappa shape index (κ3) is 4.95. The minimum atomic E-state index is -0.330. The normalized spacial score (nSPS) is 22.5. The van der Waals surface area contributed by atoms with Gasteiger partial charge in [0.2, 0.25) is 0 Å². The maximum atomic E-state index is 6.01. The Kier molecular flexibility index (Phi) is 6.70. The second kappa shape index (κ2) is 9.20. The Morgan fingerprint density at radius 2 is 1.96 bits per heavy atom. The SMILES string of the molecule is CC/C=N\OCCOc1ccc(CC2CCCCC23OCCO3)cc1. The zero-order valence-corrected chi connectivity index (χ0v) is 15.1. The first kappa shape index (κ1) is 18.2. The van der Waals surface area contributed by atoms with Crippen molar-refractivity contribution < 1.29 is 19.0 Å². The fourth-order valence-electron chi connectivity index (χ4n) is 3.68. The highest BCUT2D eigenvalue weighted by Gasteiger charge is 2.45. The van der Waals surface area contributed by atoms with E-state index in [1.165, 1.54) is 24.8 Å². The summed E-state index contributed by atoms with van der Waals surface area (Å²) in [5, 5.41) is 3.81. The molecule has 1 unspecified atom stereocenters. The molecule has 1 heterocycles. The summed E-state index contributed by atoms with van der Waals surface area (Å²) in [6, 6.07) is 8.33. The molecule has 1 aliphatic heterocycles. The Labute approximate surface area is 150 Å². The zero-order valence-electron chi connectivity index (χ0n) is 15.1. The number of benzene rings is 1. The molecule has 1 spiro atoms. The molecule has 5 nitrogen and oxygen atoms in total. The maximum absolute atomic E-state index is 6.01. The average Bonchev–Trinajstić information content (AvgIpc) is 3.11. The van der Waals surface area contributed by atoms with Crippen molar-refractivity contribution in [1.82, 2.24) is 0 Å². The van der Waals surface area contributed by atoms with Crippen LogP contribution in [0.3, 0.4) is 0 Å². The number of hydrogen-bond donors (Lipinski definition) is 0. The first-order valence-corrected chi connectivity index (χ1v) is 9.46. The molecular weight excluding hydrogens is 318 g/mol. The monoisotopic (exact) mass is 347 g/mol. The number of rotatable bonds is 8. The standard InChI is InChI=1S/C20H29NO4/c1-2-11-21-25-15-12-22-19-8-6-17(7-9-19)16-18-5-3-4-10-20(18)23-13-14-24-20/h6-9,11,18H,2-5,10,12-16H2,1H3/b21-11-. The highest BCUT2D eigenvalue weighted by atomic mass is 16.7. The fraction of sp³-hybridized carbons (Fsp3) is 0.650. The molecule has 3 rings (SSSR count). The van der Waals surface area contributed by atoms with Gasteiger partial charge in [-0.1, -0.05) is 30.6 Å². The molecule has 5 heteroatoms. The third-order valence-electron chi connectivity index (χ3n) is 4.91. The molecule has 0 N–H and O–H groups in total. The molecule has 1 saturated heterocycles. The van der Waals surface area contributed by atoms with E-state index in [1.807, 2.05) is 19.1 Å². The minimum absolute atomic E-state index is 0.330. The first-order chi connectivity index (χ1) is 12.3. The van der Waals surface area contributed by atoms with Crippen LogP contribution >= 0.6 is 0 Å². The lowest BCUT2D eigenvalue weighted by Crippen LogP contribution is -2.42. The summed E-state index contributed by atoms with van der Waals surface area (Å²) in [6.07, 6.45) is 8.28. The number of oxime groups is 1. The van der Waals surface area contributed by atoms with Crippen molar-refractivity contribution in [3.05, 3.63) is 29.8 Å². The predicted octanol–water partition coefficient (Wildman–Crippen LogP) is 3.95. The van der Waals surface area contributed by atoms with Crippen LogP contribution < -0.4 is 4.74 Å². The molecule has 138 valence electrons. The van der Waals surface area contributed by atoms with Crippen molar-refractivity contribution in [3.8, 4) is 5.75 Å². The Hall–Kier alpha value is -1.59. The van der Waals surface area contributed by atoms with E-state index < -0.39 is 0 Å². The molecule has 0 amide bonds. The van der Waals surface area contributed by atoms with E-state index >= 15 is 0 Å². The highest BCUT2D eigenvalue weighted by Crippen LogP contribution is 2.42. The predicted molar refractivity (Wildman–Crippen MR) is 97.0 cm³/mol. The Morgan fingerprint density at radius 3 is 2.72 bits per heavy atom. The van der Waals surface area contributed by atoms with Gasteiger partial charge in [-0.15, -0.1) is 0 Å². The van der Waals surface area contributed by atoms with E-state index in [9.17, 15) is 0 Å². The van der Waals surface area contributed by atoms with Crippen molar-refractivity contribution >= 4 is 6.21 Å². The summed E-state index contributed by atoms with van der Waals surface area (Å²) >= 11 is 0. The molecule has 1 aliphatic carbocycles. The average molecular weight is 347 g/mol. The maximum Gasteiger partial charge on any atom is 0.171 e. The van der Waals surface area contributed by atoms with Crippen LogP contribution in [0.15, 0.2) is 29.4 Å². The molecule has 1 aromatic carbocycles. The summed E-state index contributed by atoms with van der Waals surface area (Å²) in [6.45, 7) is 4.43. The molecule has 1 saturated carbocycles. The van der Waals surface area contributed by atoms with Crippen LogP contribution in [0.4, 0.5) is 0 Å². The summed E-state index contributed by atoms with van der Waals surface area (Å²) in [4.78, 5) is 5.09. The van der Waals surface area contributed by atoms with Gasteiger partial charge in [0.15, 0.2) is 12.4 Å². The highest BCUT2D eigenvalue weighted by molar-refractivity contribution is 5.55. The van der Waals surface area contributed by atoms with Crippen molar-refractivity contribution in [2.75, 3.05) is 26.4 Å². The topological polar surface area (TPSA) is 49.3 Å². The molecule has 0 aromatic heterocycles. The van der Waals surface area contributed by atoms with Gasteiger partial charge in [0.1, 0.15) is 12.4 Å². The van der Waals surface area contributed by atoms with E-state index in [0.717, 1.165) is 38.2 Å². The lowest BCUT2D eigenvalue weighted by molar-refractivity contribution is -0.212. The first-order valence-electron chi connectivity index (χ1n) is 9.46. The lowest BCUT2D eigenvalue weighted by atomic mass is 9.79. The molecule has 2 aliphatic rings. The molecule has 1 atom stereocenters. The Morgan fingerprint density at radius 1 is 1.16 bits per heavy atom. The van der Waals surface area contributed by atoms with Crippen molar-refractivity contribution in [3.63, 3.8) is 0 Å². The van der Waals surface area contributed by atoms with Crippen LogP contribution in [0.5, 0.6) is 5.75 Å². The van der Waals surface area contributed by atoms with Gasteiger partial charge in [-0.05, 0) is 43.4 Å². The third-order valence-corrected chi connectivity index (χ3v) is 4.91. The number of hydrogen-bond acceptors (Lipinski definition) is 5. The lowest BCUT2D eigenvalue weighted by Gasteiger charge is -2.39. The molecule has 1 aromatic rings. The molecule has 0 radical (unpaired) electrons. The largest absolute Gasteiger partial charge is 0.490 e. The smallest absolute Gasteiger partial charge is 0.171 e. The van der Waals surface area contributed by atoms with E-state index in [2.05, 4.69) is 17.3 Å². The van der Waals surface area contributed by atoms with Crippen molar-refractivity contribution in [1.29, 1.82) is 0 Å². The van der Waals surface area contributed by atoms with Gasteiger partial charge < -0.3 is 19.0 Å². The zero-order chi connectivity index (χ0) is 17.4. The summed E-state index contributed by atoms with van der Waals surface area (Å²) < 4.78 is 17.7. The molecule has 25 heavy (non-hydrogen) atoms. The van der Waals surface area contributed by atoms with E-state index in [-0.39, 0.29) is 5.79 Å². The van der Waals surface area contributed by atoms with E-state index in [4.69, 9.17) is 19.0 Å². The minimum Gasteiger partial charge on any atom is -0.490 e. The Balaban J connectivity index is 1.48. The van der Waals surface area contributed by atoms with Gasteiger partial charge in [-0.25, -0.2) is 0 Å². The van der Waals surface area contributed by atoms with Gasteiger partial charge in [-0.3, -0.25) is 0 Å². The summed E-state index contributed by atoms with van der Waals surface area (Å²) in [5.74, 6) is 0.975. The second-order valence-electron chi connectivity index (χ2n) is 6.68. The van der Waals surface area contributed by atoms with E-state index in [1.54, 1.807) is 6.21 Å². The second-order valence-corrected chi connectivity index (χ2v) is 6.68. The van der Waals surface area contributed by atoms with Crippen LogP contribution in [0.25, 0.3) is 0 Å². The molecule has 0 bridgehead atoms. The van der Waals surface area contributed by atoms with Crippen molar-refractivity contribution in [2.45, 2.75) is 51.2 Å². The van der Waals surface area contributed by atoms with Crippen LogP contribution in [-0.2, 0) is 20.7 Å². The Bertz CT molecular complexity index is 537.